The van der Waals surface area contributed by atoms with E-state index >= 15 is 0 Å². The first-order chi connectivity index (χ1) is 24.4. The maximum absolute atomic E-state index is 14.5. The van der Waals surface area contributed by atoms with Crippen molar-refractivity contribution < 1.29 is 29.0 Å². The monoisotopic (exact) mass is 678 g/mol. The van der Waals surface area contributed by atoms with Crippen LogP contribution in [0.3, 0.4) is 0 Å². The lowest BCUT2D eigenvalue weighted by Crippen LogP contribution is -2.54. The van der Waals surface area contributed by atoms with Crippen LogP contribution in [-0.4, -0.2) is 89.8 Å². The standard InChI is InChI=1S/C40H46N4O6/c1-49-19-5-18-42-22-30(35-8-2-3-9-37(35)42)25-44(32-12-13-32)39(46)36-21-41-17-16-34(36)29-7-4-6-28(20-29)27-10-14-33(15-11-27)50-26-38(45)43-23-31(24-43)40(47)48/h2-4,6-11,14-15,20,22,31-32,34,36,41H,5,12-13,16-19,21,23-26H2,1H3,(H,47,48)/t34-,36+/m1/s1. The van der Waals surface area contributed by atoms with E-state index in [4.69, 9.17) is 14.6 Å². The molecule has 0 spiro atoms. The van der Waals surface area contributed by atoms with E-state index in [1.807, 2.05) is 24.3 Å². The summed E-state index contributed by atoms with van der Waals surface area (Å²) >= 11 is 0. The van der Waals surface area contributed by atoms with E-state index in [9.17, 15) is 14.4 Å². The average Bonchev–Trinajstić information content (AvgIpc) is 3.91. The van der Waals surface area contributed by atoms with Gasteiger partial charge in [0.05, 0.1) is 11.8 Å². The molecule has 50 heavy (non-hydrogen) atoms. The summed E-state index contributed by atoms with van der Waals surface area (Å²) in [4.78, 5) is 41.6. The molecule has 2 N–H and O–H groups in total. The van der Waals surface area contributed by atoms with Gasteiger partial charge in [-0.1, -0.05) is 54.6 Å². The number of para-hydroxylation sites is 1. The Kier molecular flexibility index (Phi) is 10.2. The van der Waals surface area contributed by atoms with Gasteiger partial charge < -0.3 is 34.3 Å². The molecule has 0 unspecified atom stereocenters. The molecule has 3 aliphatic rings. The molecular weight excluding hydrogens is 632 g/mol. The Morgan fingerprint density at radius 3 is 2.52 bits per heavy atom. The number of aryl methyl sites for hydroxylation is 1. The summed E-state index contributed by atoms with van der Waals surface area (Å²) < 4.78 is 13.3. The van der Waals surface area contributed by atoms with Crippen LogP contribution in [-0.2, 0) is 32.2 Å². The van der Waals surface area contributed by atoms with Crippen molar-refractivity contribution in [1.29, 1.82) is 0 Å². The summed E-state index contributed by atoms with van der Waals surface area (Å²) in [5.74, 6) is -0.802. The number of amides is 2. The second kappa shape index (κ2) is 15.1. The molecule has 4 aromatic rings. The molecule has 0 radical (unpaired) electrons. The summed E-state index contributed by atoms with van der Waals surface area (Å²) in [6, 6.07) is 25.0. The van der Waals surface area contributed by atoms with Crippen LogP contribution < -0.4 is 10.1 Å². The maximum atomic E-state index is 14.5. The smallest absolute Gasteiger partial charge is 0.310 e. The highest BCUT2D eigenvalue weighted by Crippen LogP contribution is 2.38. The highest BCUT2D eigenvalue weighted by atomic mass is 16.5. The lowest BCUT2D eigenvalue weighted by atomic mass is 9.79. The van der Waals surface area contributed by atoms with Gasteiger partial charge in [-0.15, -0.1) is 0 Å². The predicted molar refractivity (Wildman–Crippen MR) is 191 cm³/mol. The topological polar surface area (TPSA) is 113 Å². The molecule has 1 aromatic heterocycles. The Morgan fingerprint density at radius 2 is 1.76 bits per heavy atom. The molecule has 10 nitrogen and oxygen atoms in total. The van der Waals surface area contributed by atoms with Gasteiger partial charge in [-0.3, -0.25) is 14.4 Å². The Morgan fingerprint density at radius 1 is 0.960 bits per heavy atom. The van der Waals surface area contributed by atoms with Gasteiger partial charge in [-0.2, -0.15) is 0 Å². The van der Waals surface area contributed by atoms with Crippen LogP contribution in [0.5, 0.6) is 5.75 Å². The van der Waals surface area contributed by atoms with Gasteiger partial charge in [-0.05, 0) is 78.6 Å². The van der Waals surface area contributed by atoms with Gasteiger partial charge in [0.15, 0.2) is 6.61 Å². The number of piperidine rings is 1. The average molecular weight is 679 g/mol. The van der Waals surface area contributed by atoms with E-state index in [1.165, 1.54) is 26.9 Å². The first-order valence-electron chi connectivity index (χ1n) is 17.8. The number of carbonyl (C=O) groups excluding carboxylic acids is 2. The Balaban J connectivity index is 1.04. The second-order valence-electron chi connectivity index (χ2n) is 13.9. The van der Waals surface area contributed by atoms with Crippen molar-refractivity contribution in [3.63, 3.8) is 0 Å². The summed E-state index contributed by atoms with van der Waals surface area (Å²) in [6.07, 6.45) is 6.16. The van der Waals surface area contributed by atoms with Crippen molar-refractivity contribution >= 4 is 28.7 Å². The molecule has 1 saturated carbocycles. The number of carbonyl (C=O) groups is 3. The number of aliphatic carboxylic acids is 1. The summed E-state index contributed by atoms with van der Waals surface area (Å²) in [6.45, 7) is 4.08. The molecular formula is C40H46N4O6. The third-order valence-corrected chi connectivity index (χ3v) is 10.5. The number of benzene rings is 3. The predicted octanol–water partition coefficient (Wildman–Crippen LogP) is 5.15. The van der Waals surface area contributed by atoms with Crippen LogP contribution in [0.15, 0.2) is 79.0 Å². The van der Waals surface area contributed by atoms with Crippen LogP contribution in [0.1, 0.15) is 42.7 Å². The van der Waals surface area contributed by atoms with Gasteiger partial charge in [0, 0.05) is 69.6 Å². The molecule has 2 atom stereocenters. The number of likely N-dealkylation sites (tertiary alicyclic amines) is 1. The highest BCUT2D eigenvalue weighted by Gasteiger charge is 2.40. The number of nitrogens with one attached hydrogen (secondary N) is 1. The van der Waals surface area contributed by atoms with Crippen molar-refractivity contribution in [2.75, 3.05) is 46.5 Å². The van der Waals surface area contributed by atoms with Crippen LogP contribution in [0, 0.1) is 11.8 Å². The minimum Gasteiger partial charge on any atom is -0.484 e. The summed E-state index contributed by atoms with van der Waals surface area (Å²) in [5.41, 5.74) is 5.66. The first kappa shape index (κ1) is 33.8. The van der Waals surface area contributed by atoms with E-state index in [1.54, 1.807) is 7.11 Å². The number of rotatable bonds is 14. The van der Waals surface area contributed by atoms with E-state index in [2.05, 4.69) is 69.5 Å². The number of carboxylic acid groups (broad SMARTS) is 1. The second-order valence-corrected chi connectivity index (χ2v) is 13.9. The van der Waals surface area contributed by atoms with E-state index < -0.39 is 11.9 Å². The van der Waals surface area contributed by atoms with Crippen LogP contribution in [0.4, 0.5) is 0 Å². The number of aromatic nitrogens is 1. The number of fused-ring (bicyclic) bond motifs is 1. The summed E-state index contributed by atoms with van der Waals surface area (Å²) in [7, 11) is 1.74. The number of methoxy groups -OCH3 is 1. The molecule has 0 bridgehead atoms. The van der Waals surface area contributed by atoms with Gasteiger partial charge in [-0.25, -0.2) is 0 Å². The SMILES string of the molecule is COCCCn1cc(CN(C(=O)[C@H]2CNCC[C@@H]2c2cccc(-c3ccc(OCC(=O)N4CC(C(=O)O)C4)cc3)c2)C2CC2)c2ccccc21. The third kappa shape index (κ3) is 7.41. The minimum absolute atomic E-state index is 0.108. The van der Waals surface area contributed by atoms with Crippen molar-refractivity contribution in [3.8, 4) is 16.9 Å². The number of nitrogens with zero attached hydrogens (tertiary/aromatic N) is 3. The quantitative estimate of drug-likeness (QED) is 0.178. The zero-order valence-electron chi connectivity index (χ0n) is 28.6. The minimum atomic E-state index is -0.873. The molecule has 3 heterocycles. The Hall–Kier alpha value is -4.67. The fourth-order valence-electron chi connectivity index (χ4n) is 7.47. The van der Waals surface area contributed by atoms with Crippen molar-refractivity contribution in [2.45, 2.75) is 50.7 Å². The fourth-order valence-corrected chi connectivity index (χ4v) is 7.47. The van der Waals surface area contributed by atoms with Gasteiger partial charge in [0.25, 0.3) is 5.91 Å². The molecule has 262 valence electrons. The Bertz CT molecular complexity index is 1830. The van der Waals surface area contributed by atoms with Crippen LogP contribution >= 0.6 is 0 Å². The lowest BCUT2D eigenvalue weighted by molar-refractivity contribution is -0.153. The fraction of sp³-hybridized carbons (Fsp3) is 0.425. The van der Waals surface area contributed by atoms with Gasteiger partial charge in [0.2, 0.25) is 5.91 Å². The van der Waals surface area contributed by atoms with Crippen molar-refractivity contribution in [2.24, 2.45) is 11.8 Å². The molecule has 7 rings (SSSR count). The maximum Gasteiger partial charge on any atom is 0.310 e. The lowest BCUT2D eigenvalue weighted by Gasteiger charge is -2.36. The molecule has 2 amide bonds. The van der Waals surface area contributed by atoms with E-state index in [0.717, 1.165) is 49.9 Å². The molecule has 3 aromatic carbocycles. The normalized spacial score (nSPS) is 19.3. The number of carboxylic acids is 1. The molecule has 2 saturated heterocycles. The summed E-state index contributed by atoms with van der Waals surface area (Å²) in [5, 5.41) is 13.8. The zero-order chi connectivity index (χ0) is 34.6. The van der Waals surface area contributed by atoms with Crippen LogP contribution in [0.2, 0.25) is 0 Å². The largest absolute Gasteiger partial charge is 0.484 e. The molecule has 10 heteroatoms. The number of hydrogen-bond acceptors (Lipinski definition) is 6. The molecule has 3 fully saturated rings. The number of ether oxygens (including phenoxy) is 2. The Labute approximate surface area is 293 Å². The highest BCUT2D eigenvalue weighted by molar-refractivity contribution is 5.86. The van der Waals surface area contributed by atoms with Crippen molar-refractivity contribution in [3.05, 3.63) is 90.1 Å². The third-order valence-electron chi connectivity index (χ3n) is 10.5. The van der Waals surface area contributed by atoms with Crippen molar-refractivity contribution in [1.82, 2.24) is 19.7 Å². The van der Waals surface area contributed by atoms with E-state index in [0.29, 0.717) is 25.4 Å². The van der Waals surface area contributed by atoms with Gasteiger partial charge in [0.1, 0.15) is 5.75 Å². The number of hydrogen-bond donors (Lipinski definition) is 2. The van der Waals surface area contributed by atoms with Gasteiger partial charge >= 0.3 is 5.97 Å². The molecule has 1 aliphatic carbocycles. The van der Waals surface area contributed by atoms with Crippen LogP contribution in [0.25, 0.3) is 22.0 Å². The molecule has 2 aliphatic heterocycles. The first-order valence-corrected chi connectivity index (χ1v) is 17.8. The zero-order valence-corrected chi connectivity index (χ0v) is 28.6. The van der Waals surface area contributed by atoms with E-state index in [-0.39, 0.29) is 49.4 Å².